The van der Waals surface area contributed by atoms with Crippen molar-refractivity contribution in [2.75, 3.05) is 12.5 Å². The molecule has 16 heavy (non-hydrogen) atoms. The molecule has 0 aromatic carbocycles. The maximum Gasteiger partial charge on any atom is 0.246 e. The van der Waals surface area contributed by atoms with Crippen LogP contribution >= 0.6 is 11.6 Å². The van der Waals surface area contributed by atoms with E-state index in [1.807, 2.05) is 20.8 Å². The van der Waals surface area contributed by atoms with E-state index in [2.05, 4.69) is 19.2 Å². The van der Waals surface area contributed by atoms with Crippen LogP contribution in [0, 0.1) is 5.92 Å². The minimum absolute atomic E-state index is 0.0706. The number of nitrogens with one attached hydrogen (secondary N) is 1. The van der Waals surface area contributed by atoms with Crippen LogP contribution in [-0.2, 0) is 9.53 Å². The summed E-state index contributed by atoms with van der Waals surface area (Å²) in [4.78, 5) is 11.6. The number of ether oxygens (including phenoxy) is 1. The van der Waals surface area contributed by atoms with Crippen LogP contribution in [0.3, 0.4) is 0 Å². The second-order valence-electron chi connectivity index (χ2n) is 5.30. The first-order chi connectivity index (χ1) is 7.26. The van der Waals surface area contributed by atoms with Gasteiger partial charge in [-0.3, -0.25) is 4.79 Å². The molecule has 0 aromatic rings. The van der Waals surface area contributed by atoms with Gasteiger partial charge in [0.25, 0.3) is 0 Å². The van der Waals surface area contributed by atoms with E-state index in [0.717, 1.165) is 6.42 Å². The van der Waals surface area contributed by atoms with Crippen molar-refractivity contribution in [1.29, 1.82) is 0 Å². The fraction of sp³-hybridized carbons (Fsp3) is 0.917. The highest BCUT2D eigenvalue weighted by atomic mass is 35.5. The number of carbonyl (C=O) groups excluding carboxylic acids is 1. The van der Waals surface area contributed by atoms with Gasteiger partial charge in [0.1, 0.15) is 6.61 Å². The van der Waals surface area contributed by atoms with Crippen molar-refractivity contribution in [2.24, 2.45) is 5.92 Å². The van der Waals surface area contributed by atoms with Gasteiger partial charge in [0.05, 0.1) is 5.60 Å². The Morgan fingerprint density at radius 2 is 1.94 bits per heavy atom. The second-order valence-corrected chi connectivity index (χ2v) is 5.67. The van der Waals surface area contributed by atoms with Crippen LogP contribution in [0.2, 0.25) is 0 Å². The van der Waals surface area contributed by atoms with Crippen molar-refractivity contribution in [3.63, 3.8) is 0 Å². The van der Waals surface area contributed by atoms with Crippen LogP contribution in [0.5, 0.6) is 0 Å². The molecule has 0 radical (unpaired) electrons. The monoisotopic (exact) mass is 249 g/mol. The van der Waals surface area contributed by atoms with Crippen molar-refractivity contribution in [3.05, 3.63) is 0 Å². The normalized spacial score (nSPS) is 13.9. The van der Waals surface area contributed by atoms with Crippen molar-refractivity contribution >= 4 is 17.5 Å². The fourth-order valence-corrected chi connectivity index (χ4v) is 1.46. The van der Waals surface area contributed by atoms with Crippen LogP contribution in [-0.4, -0.2) is 30.0 Å². The molecule has 0 fully saturated rings. The van der Waals surface area contributed by atoms with Crippen molar-refractivity contribution in [1.82, 2.24) is 5.32 Å². The lowest BCUT2D eigenvalue weighted by Crippen LogP contribution is -2.41. The van der Waals surface area contributed by atoms with Crippen LogP contribution < -0.4 is 5.32 Å². The minimum Gasteiger partial charge on any atom is -0.366 e. The maximum absolute atomic E-state index is 11.6. The van der Waals surface area contributed by atoms with E-state index < -0.39 is 0 Å². The highest BCUT2D eigenvalue weighted by molar-refractivity contribution is 6.17. The molecule has 0 bridgehead atoms. The molecule has 0 aliphatic carbocycles. The summed E-state index contributed by atoms with van der Waals surface area (Å²) in [6.45, 7) is 10.0. The molecular formula is C12H24ClNO2. The third-order valence-corrected chi connectivity index (χ3v) is 2.43. The smallest absolute Gasteiger partial charge is 0.246 e. The third kappa shape index (κ3) is 7.94. The Kier molecular flexibility index (Phi) is 7.00. The predicted molar refractivity (Wildman–Crippen MR) is 67.8 cm³/mol. The highest BCUT2D eigenvalue weighted by Crippen LogP contribution is 2.08. The van der Waals surface area contributed by atoms with E-state index in [1.54, 1.807) is 0 Å². The number of carbonyl (C=O) groups is 1. The molecule has 0 aliphatic heterocycles. The summed E-state index contributed by atoms with van der Waals surface area (Å²) < 4.78 is 5.40. The summed E-state index contributed by atoms with van der Waals surface area (Å²) in [6.07, 6.45) is 0.792. The Morgan fingerprint density at radius 1 is 1.38 bits per heavy atom. The lowest BCUT2D eigenvalue weighted by atomic mass is 10.0. The first-order valence-corrected chi connectivity index (χ1v) is 6.29. The lowest BCUT2D eigenvalue weighted by molar-refractivity contribution is -0.131. The zero-order valence-corrected chi connectivity index (χ0v) is 11.7. The summed E-state index contributed by atoms with van der Waals surface area (Å²) in [6, 6.07) is 0.133. The van der Waals surface area contributed by atoms with Gasteiger partial charge in [0.15, 0.2) is 0 Å². The van der Waals surface area contributed by atoms with E-state index >= 15 is 0 Å². The van der Waals surface area contributed by atoms with Crippen LogP contribution in [0.25, 0.3) is 0 Å². The van der Waals surface area contributed by atoms with Gasteiger partial charge in [-0.25, -0.2) is 0 Å². The molecule has 3 nitrogen and oxygen atoms in total. The molecular weight excluding hydrogens is 226 g/mol. The minimum atomic E-state index is -0.281. The van der Waals surface area contributed by atoms with E-state index in [1.165, 1.54) is 0 Å². The molecule has 0 rings (SSSR count). The summed E-state index contributed by atoms with van der Waals surface area (Å²) in [5.41, 5.74) is -0.281. The molecule has 96 valence electrons. The van der Waals surface area contributed by atoms with Gasteiger partial charge in [-0.05, 0) is 33.1 Å². The maximum atomic E-state index is 11.6. The van der Waals surface area contributed by atoms with E-state index in [9.17, 15) is 4.79 Å². The summed E-state index contributed by atoms with van der Waals surface area (Å²) >= 11 is 5.69. The average molecular weight is 250 g/mol. The van der Waals surface area contributed by atoms with Gasteiger partial charge in [-0.1, -0.05) is 13.8 Å². The first-order valence-electron chi connectivity index (χ1n) is 5.75. The quantitative estimate of drug-likeness (QED) is 0.735. The zero-order chi connectivity index (χ0) is 12.8. The van der Waals surface area contributed by atoms with E-state index in [-0.39, 0.29) is 24.2 Å². The van der Waals surface area contributed by atoms with Gasteiger partial charge in [0.2, 0.25) is 5.91 Å². The topological polar surface area (TPSA) is 38.3 Å². The molecule has 1 atom stereocenters. The largest absolute Gasteiger partial charge is 0.366 e. The Labute approximate surface area is 104 Å². The van der Waals surface area contributed by atoms with Crippen molar-refractivity contribution in [3.8, 4) is 0 Å². The molecule has 0 saturated carbocycles. The lowest BCUT2D eigenvalue weighted by Gasteiger charge is -2.23. The van der Waals surface area contributed by atoms with Crippen LogP contribution in [0.15, 0.2) is 0 Å². The van der Waals surface area contributed by atoms with Gasteiger partial charge in [-0.15, -0.1) is 11.6 Å². The van der Waals surface area contributed by atoms with E-state index in [4.69, 9.17) is 16.3 Å². The molecule has 0 spiro atoms. The molecule has 1 N–H and O–H groups in total. The summed E-state index contributed by atoms with van der Waals surface area (Å²) in [7, 11) is 0. The fourth-order valence-electron chi connectivity index (χ4n) is 1.22. The molecule has 0 aromatic heterocycles. The number of alkyl halides is 1. The number of amides is 1. The SMILES string of the molecule is CC(C)C(CCCl)NC(=O)COC(C)(C)C. The Hall–Kier alpha value is -0.280. The number of rotatable bonds is 6. The molecule has 0 saturated heterocycles. The highest BCUT2D eigenvalue weighted by Gasteiger charge is 2.17. The standard InChI is InChI=1S/C12H24ClNO2/c1-9(2)10(6-7-13)14-11(15)8-16-12(3,4)5/h9-10H,6-8H2,1-5H3,(H,14,15). The van der Waals surface area contributed by atoms with Gasteiger partial charge in [-0.2, -0.15) is 0 Å². The van der Waals surface area contributed by atoms with Crippen LogP contribution in [0.4, 0.5) is 0 Å². The third-order valence-electron chi connectivity index (χ3n) is 2.21. The molecule has 1 unspecified atom stereocenters. The van der Waals surface area contributed by atoms with Crippen molar-refractivity contribution < 1.29 is 9.53 Å². The Balaban J connectivity index is 4.00. The number of hydrogen-bond donors (Lipinski definition) is 1. The number of hydrogen-bond acceptors (Lipinski definition) is 2. The van der Waals surface area contributed by atoms with Crippen molar-refractivity contribution in [2.45, 2.75) is 52.7 Å². The van der Waals surface area contributed by atoms with Gasteiger partial charge >= 0.3 is 0 Å². The molecule has 0 heterocycles. The second kappa shape index (κ2) is 7.13. The molecule has 1 amide bonds. The van der Waals surface area contributed by atoms with Gasteiger partial charge in [0, 0.05) is 11.9 Å². The van der Waals surface area contributed by atoms with E-state index in [0.29, 0.717) is 11.8 Å². The molecule has 0 aliphatic rings. The number of halogens is 1. The summed E-state index contributed by atoms with van der Waals surface area (Å²) in [5, 5.41) is 2.94. The molecule has 4 heteroatoms. The Morgan fingerprint density at radius 3 is 2.31 bits per heavy atom. The predicted octanol–water partition coefficient (Wildman–Crippen LogP) is 2.57. The summed E-state index contributed by atoms with van der Waals surface area (Å²) in [5.74, 6) is 0.875. The first kappa shape index (κ1) is 15.7. The van der Waals surface area contributed by atoms with Crippen LogP contribution in [0.1, 0.15) is 41.0 Å². The van der Waals surface area contributed by atoms with Gasteiger partial charge < -0.3 is 10.1 Å². The Bertz CT molecular complexity index is 212. The zero-order valence-electron chi connectivity index (χ0n) is 11.0. The average Bonchev–Trinajstić information content (AvgIpc) is 2.13.